The van der Waals surface area contributed by atoms with Gasteiger partial charge in [-0.05, 0) is 38.0 Å². The van der Waals surface area contributed by atoms with Crippen molar-refractivity contribution >= 4 is 0 Å². The third-order valence-electron chi connectivity index (χ3n) is 3.91. The van der Waals surface area contributed by atoms with E-state index in [1.54, 1.807) is 0 Å². The molecule has 0 aliphatic heterocycles. The van der Waals surface area contributed by atoms with Gasteiger partial charge in [0, 0.05) is 13.1 Å². The van der Waals surface area contributed by atoms with Crippen molar-refractivity contribution in [1.82, 2.24) is 5.32 Å². The van der Waals surface area contributed by atoms with Gasteiger partial charge in [0.1, 0.15) is 0 Å². The predicted molar refractivity (Wildman–Crippen MR) is 68.0 cm³/mol. The van der Waals surface area contributed by atoms with E-state index >= 15 is 0 Å². The molecule has 1 fully saturated rings. The zero-order valence-corrected chi connectivity index (χ0v) is 11.3. The number of hydrogen-bond acceptors (Lipinski definition) is 2. The molecule has 2 heteroatoms. The molecule has 1 saturated carbocycles. The molecule has 1 aliphatic rings. The molecular weight excluding hydrogens is 196 g/mol. The van der Waals surface area contributed by atoms with E-state index in [0.717, 1.165) is 19.0 Å². The number of rotatable bonds is 5. The summed E-state index contributed by atoms with van der Waals surface area (Å²) in [4.78, 5) is 0. The van der Waals surface area contributed by atoms with Gasteiger partial charge in [0.2, 0.25) is 0 Å². The highest BCUT2D eigenvalue weighted by molar-refractivity contribution is 4.94. The number of nitrogens with zero attached hydrogens (tertiary/aromatic N) is 1. The molecule has 1 N–H and O–H groups in total. The molecule has 0 atom stereocenters. The van der Waals surface area contributed by atoms with Crippen LogP contribution in [0.4, 0.5) is 0 Å². The van der Waals surface area contributed by atoms with Crippen molar-refractivity contribution < 1.29 is 0 Å². The lowest BCUT2D eigenvalue weighted by atomic mass is 9.77. The highest BCUT2D eigenvalue weighted by Crippen LogP contribution is 2.39. The molecule has 0 heterocycles. The minimum atomic E-state index is -0.244. The van der Waals surface area contributed by atoms with Gasteiger partial charge in [0.05, 0.1) is 11.5 Å². The predicted octanol–water partition coefficient (Wildman–Crippen LogP) is 3.34. The van der Waals surface area contributed by atoms with Gasteiger partial charge in [-0.1, -0.05) is 26.7 Å². The molecule has 0 unspecified atom stereocenters. The molecule has 0 amide bonds. The van der Waals surface area contributed by atoms with Gasteiger partial charge < -0.3 is 5.32 Å². The summed E-state index contributed by atoms with van der Waals surface area (Å²) in [5.41, 5.74) is 0.133. The maximum Gasteiger partial charge on any atom is 0.0697 e. The van der Waals surface area contributed by atoms with E-state index in [2.05, 4.69) is 25.2 Å². The molecule has 0 bridgehead atoms. The van der Waals surface area contributed by atoms with Crippen LogP contribution >= 0.6 is 0 Å². The first-order chi connectivity index (χ1) is 7.37. The van der Waals surface area contributed by atoms with Gasteiger partial charge in [-0.25, -0.2) is 0 Å². The summed E-state index contributed by atoms with van der Waals surface area (Å²) in [6.45, 7) is 10.5. The third-order valence-corrected chi connectivity index (χ3v) is 3.91. The van der Waals surface area contributed by atoms with E-state index < -0.39 is 0 Å². The van der Waals surface area contributed by atoms with Crippen LogP contribution in [0.5, 0.6) is 0 Å². The highest BCUT2D eigenvalue weighted by atomic mass is 14.9. The summed E-state index contributed by atoms with van der Waals surface area (Å²) in [7, 11) is 0. The van der Waals surface area contributed by atoms with E-state index in [1.807, 2.05) is 13.8 Å². The second-order valence-corrected chi connectivity index (χ2v) is 6.57. The summed E-state index contributed by atoms with van der Waals surface area (Å²) < 4.78 is 0. The van der Waals surface area contributed by atoms with Crippen LogP contribution in [-0.2, 0) is 0 Å². The zero-order chi connectivity index (χ0) is 12.2. The molecule has 0 aromatic heterocycles. The SMILES string of the molecule is CC(C)(C#N)CNCC(C)(C)C1CCCC1. The first kappa shape index (κ1) is 13.5. The zero-order valence-electron chi connectivity index (χ0n) is 11.3. The molecule has 0 aromatic rings. The van der Waals surface area contributed by atoms with E-state index in [1.165, 1.54) is 25.7 Å². The summed E-state index contributed by atoms with van der Waals surface area (Å²) >= 11 is 0. The smallest absolute Gasteiger partial charge is 0.0697 e. The lowest BCUT2D eigenvalue weighted by Crippen LogP contribution is -2.38. The number of hydrogen-bond donors (Lipinski definition) is 1. The summed E-state index contributed by atoms with van der Waals surface area (Å²) in [5.74, 6) is 0.866. The second-order valence-electron chi connectivity index (χ2n) is 6.57. The van der Waals surface area contributed by atoms with Crippen LogP contribution in [0, 0.1) is 28.1 Å². The molecule has 0 saturated heterocycles. The van der Waals surface area contributed by atoms with Crippen molar-refractivity contribution in [1.29, 1.82) is 5.26 Å². The van der Waals surface area contributed by atoms with Crippen LogP contribution in [-0.4, -0.2) is 13.1 Å². The average Bonchev–Trinajstić information content (AvgIpc) is 2.70. The highest BCUT2D eigenvalue weighted by Gasteiger charge is 2.31. The van der Waals surface area contributed by atoms with E-state index in [4.69, 9.17) is 5.26 Å². The molecular formula is C14H26N2. The summed E-state index contributed by atoms with van der Waals surface area (Å²) in [6, 6.07) is 2.33. The number of nitrogens with one attached hydrogen (secondary N) is 1. The monoisotopic (exact) mass is 222 g/mol. The summed E-state index contributed by atoms with van der Waals surface area (Å²) in [5, 5.41) is 12.4. The molecule has 0 spiro atoms. The molecule has 0 radical (unpaired) electrons. The second kappa shape index (κ2) is 5.19. The Kier molecular flexibility index (Phi) is 4.38. The van der Waals surface area contributed by atoms with Gasteiger partial charge in [-0.2, -0.15) is 5.26 Å². The van der Waals surface area contributed by atoms with E-state index in [0.29, 0.717) is 5.41 Å². The van der Waals surface area contributed by atoms with Crippen molar-refractivity contribution in [3.63, 3.8) is 0 Å². The fourth-order valence-electron chi connectivity index (χ4n) is 2.59. The first-order valence-corrected chi connectivity index (χ1v) is 6.49. The quantitative estimate of drug-likeness (QED) is 0.774. The fourth-order valence-corrected chi connectivity index (χ4v) is 2.59. The van der Waals surface area contributed by atoms with E-state index in [9.17, 15) is 0 Å². The Hall–Kier alpha value is -0.550. The Morgan fingerprint density at radius 2 is 1.69 bits per heavy atom. The Balaban J connectivity index is 2.34. The minimum Gasteiger partial charge on any atom is -0.315 e. The van der Waals surface area contributed by atoms with Crippen LogP contribution in [0.2, 0.25) is 0 Å². The molecule has 2 nitrogen and oxygen atoms in total. The first-order valence-electron chi connectivity index (χ1n) is 6.49. The van der Waals surface area contributed by atoms with Gasteiger partial charge in [0.15, 0.2) is 0 Å². The van der Waals surface area contributed by atoms with Crippen molar-refractivity contribution in [2.24, 2.45) is 16.7 Å². The maximum absolute atomic E-state index is 8.94. The van der Waals surface area contributed by atoms with Crippen LogP contribution in [0.3, 0.4) is 0 Å². The van der Waals surface area contributed by atoms with Crippen molar-refractivity contribution in [3.8, 4) is 6.07 Å². The van der Waals surface area contributed by atoms with Crippen molar-refractivity contribution in [2.45, 2.75) is 53.4 Å². The minimum absolute atomic E-state index is 0.244. The van der Waals surface area contributed by atoms with Crippen LogP contribution in [0.15, 0.2) is 0 Å². The average molecular weight is 222 g/mol. The summed E-state index contributed by atoms with van der Waals surface area (Å²) in [6.07, 6.45) is 5.57. The molecule has 0 aromatic carbocycles. The van der Waals surface area contributed by atoms with Gasteiger partial charge in [-0.15, -0.1) is 0 Å². The largest absolute Gasteiger partial charge is 0.315 e. The van der Waals surface area contributed by atoms with E-state index in [-0.39, 0.29) is 5.41 Å². The fraction of sp³-hybridized carbons (Fsp3) is 0.929. The standard InChI is InChI=1S/C14H26N2/c1-13(2,9-15)10-16-11-14(3,4)12-7-5-6-8-12/h12,16H,5-8,10-11H2,1-4H3. The Morgan fingerprint density at radius 3 is 2.19 bits per heavy atom. The normalized spacial score (nSPS) is 18.7. The lowest BCUT2D eigenvalue weighted by Gasteiger charge is -2.33. The van der Waals surface area contributed by atoms with Crippen LogP contribution in [0.25, 0.3) is 0 Å². The number of nitriles is 1. The van der Waals surface area contributed by atoms with Gasteiger partial charge in [-0.3, -0.25) is 0 Å². The van der Waals surface area contributed by atoms with Gasteiger partial charge >= 0.3 is 0 Å². The topological polar surface area (TPSA) is 35.8 Å². The van der Waals surface area contributed by atoms with Gasteiger partial charge in [0.25, 0.3) is 0 Å². The van der Waals surface area contributed by atoms with Crippen LogP contribution in [0.1, 0.15) is 53.4 Å². The van der Waals surface area contributed by atoms with Crippen LogP contribution < -0.4 is 5.32 Å². The molecule has 1 aliphatic carbocycles. The Labute approximate surface area is 100 Å². The molecule has 92 valence electrons. The third kappa shape index (κ3) is 3.79. The van der Waals surface area contributed by atoms with Crippen molar-refractivity contribution in [3.05, 3.63) is 0 Å². The molecule has 16 heavy (non-hydrogen) atoms. The Bertz CT molecular complexity index is 254. The Morgan fingerprint density at radius 1 is 1.12 bits per heavy atom. The lowest BCUT2D eigenvalue weighted by molar-refractivity contribution is 0.202. The maximum atomic E-state index is 8.94. The van der Waals surface area contributed by atoms with Crippen molar-refractivity contribution in [2.75, 3.05) is 13.1 Å². The molecule has 1 rings (SSSR count).